The quantitative estimate of drug-likeness (QED) is 0.0563. The van der Waals surface area contributed by atoms with Gasteiger partial charge in [0.05, 0.1) is 0 Å². The Balaban J connectivity index is 0.983. The molecular formula is C48H54Sn2. The van der Waals surface area contributed by atoms with Crippen molar-refractivity contribution in [3.05, 3.63) is 182 Å². The first-order chi connectivity index (χ1) is 24.8. The van der Waals surface area contributed by atoms with E-state index in [0.29, 0.717) is 0 Å². The topological polar surface area (TPSA) is 0 Å². The SMILES string of the molecule is c1cc[c]([Sn]([CH2]CCCCCCCCCC[CH2][Sn]([c]2ccccc2)([c]2ccccc2)[c]2ccccc2)([c]2ccccc2)[c]2ccccc2)cc1. The van der Waals surface area contributed by atoms with E-state index in [2.05, 4.69) is 182 Å². The van der Waals surface area contributed by atoms with Gasteiger partial charge in [-0.1, -0.05) is 0 Å². The maximum absolute atomic E-state index is 3.10. The number of hydrogen-bond donors (Lipinski definition) is 0. The Morgan fingerprint density at radius 2 is 0.360 bits per heavy atom. The van der Waals surface area contributed by atoms with Gasteiger partial charge in [-0.05, 0) is 0 Å². The van der Waals surface area contributed by atoms with Gasteiger partial charge in [0.2, 0.25) is 0 Å². The summed E-state index contributed by atoms with van der Waals surface area (Å²) < 4.78 is 12.3. The van der Waals surface area contributed by atoms with Crippen LogP contribution in [0.2, 0.25) is 8.87 Å². The maximum atomic E-state index is 2.42. The third-order valence-electron chi connectivity index (χ3n) is 11.0. The van der Waals surface area contributed by atoms with E-state index < -0.39 is 36.8 Å². The molecule has 0 atom stereocenters. The van der Waals surface area contributed by atoms with Crippen molar-refractivity contribution in [2.24, 2.45) is 0 Å². The zero-order chi connectivity index (χ0) is 34.2. The summed E-state index contributed by atoms with van der Waals surface area (Å²) in [5.41, 5.74) is 0. The molecule has 0 unspecified atom stereocenters. The molecule has 0 bridgehead atoms. The Morgan fingerprint density at radius 3 is 0.540 bits per heavy atom. The Bertz CT molecular complexity index is 1440. The molecule has 6 rings (SSSR count). The summed E-state index contributed by atoms with van der Waals surface area (Å²) in [7, 11) is 0. The summed E-state index contributed by atoms with van der Waals surface area (Å²) in [6.07, 6.45) is 13.6. The fourth-order valence-corrected chi connectivity index (χ4v) is 36.5. The molecule has 0 amide bonds. The molecule has 50 heavy (non-hydrogen) atoms. The van der Waals surface area contributed by atoms with Crippen molar-refractivity contribution in [3.63, 3.8) is 0 Å². The summed E-state index contributed by atoms with van der Waals surface area (Å²) in [6.45, 7) is 0. The molecule has 0 radical (unpaired) electrons. The standard InChI is InChI=1S/C12H24.6C6H5.2Sn/c1-3-5-7-9-11-12-10-8-6-4-2;6*1-2-4-6-5-3-1;;/h1-12H2;6*1-5H;;. The molecule has 0 nitrogen and oxygen atoms in total. The number of rotatable bonds is 19. The molecular weight excluding hydrogens is 814 g/mol. The summed E-state index contributed by atoms with van der Waals surface area (Å²) in [6, 6.07) is 69.1. The Hall–Kier alpha value is -3.08. The van der Waals surface area contributed by atoms with Gasteiger partial charge in [0, 0.05) is 0 Å². The van der Waals surface area contributed by atoms with Crippen molar-refractivity contribution in [1.82, 2.24) is 0 Å². The van der Waals surface area contributed by atoms with Crippen LogP contribution >= 0.6 is 0 Å². The van der Waals surface area contributed by atoms with Crippen molar-refractivity contribution >= 4 is 58.2 Å². The second-order valence-electron chi connectivity index (χ2n) is 14.0. The van der Waals surface area contributed by atoms with Crippen LogP contribution in [0.5, 0.6) is 0 Å². The molecule has 0 fully saturated rings. The van der Waals surface area contributed by atoms with Crippen LogP contribution in [0.3, 0.4) is 0 Å². The van der Waals surface area contributed by atoms with Crippen molar-refractivity contribution in [3.8, 4) is 0 Å². The van der Waals surface area contributed by atoms with Gasteiger partial charge in [-0.2, -0.15) is 0 Å². The fraction of sp³-hybridized carbons (Fsp3) is 0.250. The van der Waals surface area contributed by atoms with Gasteiger partial charge in [-0.25, -0.2) is 0 Å². The second kappa shape index (κ2) is 19.5. The molecule has 0 aliphatic rings. The zero-order valence-electron chi connectivity index (χ0n) is 29.8. The van der Waals surface area contributed by atoms with Crippen LogP contribution in [0, 0.1) is 0 Å². The number of benzene rings is 6. The van der Waals surface area contributed by atoms with Crippen LogP contribution in [0.4, 0.5) is 0 Å². The summed E-state index contributed by atoms with van der Waals surface area (Å²) in [4.78, 5) is 0. The monoisotopic (exact) mass is 870 g/mol. The van der Waals surface area contributed by atoms with Crippen LogP contribution in [-0.4, -0.2) is 36.8 Å². The molecule has 0 aliphatic heterocycles. The van der Waals surface area contributed by atoms with E-state index in [1.54, 1.807) is 21.5 Å². The van der Waals surface area contributed by atoms with Crippen LogP contribution in [0.1, 0.15) is 64.2 Å². The van der Waals surface area contributed by atoms with Gasteiger partial charge in [-0.3, -0.25) is 0 Å². The molecule has 0 saturated carbocycles. The van der Waals surface area contributed by atoms with Crippen LogP contribution in [-0.2, 0) is 0 Å². The van der Waals surface area contributed by atoms with E-state index >= 15 is 0 Å². The van der Waals surface area contributed by atoms with Crippen LogP contribution in [0.15, 0.2) is 182 Å². The molecule has 0 aliphatic carbocycles. The Morgan fingerprint density at radius 1 is 0.200 bits per heavy atom. The van der Waals surface area contributed by atoms with Gasteiger partial charge < -0.3 is 0 Å². The molecule has 254 valence electrons. The molecule has 2 heteroatoms. The molecule has 0 aromatic heterocycles. The predicted octanol–water partition coefficient (Wildman–Crippen LogP) is 9.23. The number of unbranched alkanes of at least 4 members (excludes halogenated alkanes) is 9. The Kier molecular flexibility index (Phi) is 14.3. The third kappa shape index (κ3) is 9.04. The van der Waals surface area contributed by atoms with Gasteiger partial charge in [0.25, 0.3) is 0 Å². The van der Waals surface area contributed by atoms with Crippen molar-refractivity contribution < 1.29 is 0 Å². The molecule has 0 N–H and O–H groups in total. The van der Waals surface area contributed by atoms with E-state index in [4.69, 9.17) is 0 Å². The van der Waals surface area contributed by atoms with Crippen molar-refractivity contribution in [2.75, 3.05) is 0 Å². The van der Waals surface area contributed by atoms with E-state index in [1.807, 2.05) is 0 Å². The van der Waals surface area contributed by atoms with E-state index in [-0.39, 0.29) is 0 Å². The minimum absolute atomic E-state index is 1.33. The van der Waals surface area contributed by atoms with E-state index in [0.717, 1.165) is 0 Å². The van der Waals surface area contributed by atoms with Crippen LogP contribution < -0.4 is 21.5 Å². The van der Waals surface area contributed by atoms with Gasteiger partial charge in [-0.15, -0.1) is 0 Å². The molecule has 6 aromatic carbocycles. The van der Waals surface area contributed by atoms with Gasteiger partial charge >= 0.3 is 313 Å². The summed E-state index contributed by atoms with van der Waals surface area (Å²) in [5.74, 6) is 0. The first-order valence-electron chi connectivity index (χ1n) is 19.2. The molecule has 0 spiro atoms. The summed E-state index contributed by atoms with van der Waals surface area (Å²) >= 11 is -6.21. The van der Waals surface area contributed by atoms with Crippen molar-refractivity contribution in [2.45, 2.75) is 73.1 Å². The molecule has 0 saturated heterocycles. The second-order valence-corrected chi connectivity index (χ2v) is 37.1. The molecule has 6 aromatic rings. The number of hydrogen-bond acceptors (Lipinski definition) is 0. The van der Waals surface area contributed by atoms with E-state index in [9.17, 15) is 0 Å². The van der Waals surface area contributed by atoms with Gasteiger partial charge in [0.1, 0.15) is 0 Å². The van der Waals surface area contributed by atoms with Crippen molar-refractivity contribution in [1.29, 1.82) is 0 Å². The van der Waals surface area contributed by atoms with Crippen LogP contribution in [0.25, 0.3) is 0 Å². The minimum atomic E-state index is -3.10. The predicted molar refractivity (Wildman–Crippen MR) is 224 cm³/mol. The normalized spacial score (nSPS) is 11.8. The Labute approximate surface area is 310 Å². The molecule has 0 heterocycles. The zero-order valence-corrected chi connectivity index (χ0v) is 35.5. The first-order valence-corrected chi connectivity index (χ1v) is 31.8. The van der Waals surface area contributed by atoms with E-state index in [1.165, 1.54) is 73.1 Å². The van der Waals surface area contributed by atoms with Gasteiger partial charge in [0.15, 0.2) is 0 Å². The fourth-order valence-electron chi connectivity index (χ4n) is 8.40. The first kappa shape index (κ1) is 36.7. The average Bonchev–Trinajstić information content (AvgIpc) is 3.20. The third-order valence-corrected chi connectivity index (χ3v) is 39.8. The average molecular weight is 868 g/mol. The summed E-state index contributed by atoms with van der Waals surface area (Å²) in [5, 5.41) is 0.